The van der Waals surface area contributed by atoms with Crippen molar-refractivity contribution in [1.82, 2.24) is 5.32 Å². The van der Waals surface area contributed by atoms with Gasteiger partial charge in [0.1, 0.15) is 0 Å². The molecule has 0 aliphatic heterocycles. The summed E-state index contributed by atoms with van der Waals surface area (Å²) in [6.07, 6.45) is 9.67. The van der Waals surface area contributed by atoms with Gasteiger partial charge in [-0.15, -0.1) is 23.1 Å². The van der Waals surface area contributed by atoms with Gasteiger partial charge in [-0.1, -0.05) is 38.7 Å². The van der Waals surface area contributed by atoms with Crippen molar-refractivity contribution in [3.05, 3.63) is 17.5 Å². The first-order valence-electron chi connectivity index (χ1n) is 7.33. The van der Waals surface area contributed by atoms with E-state index < -0.39 is 0 Å². The highest BCUT2D eigenvalue weighted by atomic mass is 32.2. The quantitative estimate of drug-likeness (QED) is 0.822. The highest BCUT2D eigenvalue weighted by molar-refractivity contribution is 8.01. The fraction of sp³-hybridized carbons (Fsp3) is 0.733. The van der Waals surface area contributed by atoms with Gasteiger partial charge in [0.2, 0.25) is 0 Å². The second-order valence-corrected chi connectivity index (χ2v) is 7.63. The Morgan fingerprint density at radius 2 is 2.11 bits per heavy atom. The average Bonchev–Trinajstić information content (AvgIpc) is 2.85. The van der Waals surface area contributed by atoms with Crippen molar-refractivity contribution in [3.63, 3.8) is 0 Å². The first-order chi connectivity index (χ1) is 8.90. The molecule has 0 radical (unpaired) electrons. The molecule has 1 aromatic rings. The van der Waals surface area contributed by atoms with Crippen molar-refractivity contribution in [2.45, 2.75) is 67.4 Å². The Kier molecular flexibility index (Phi) is 6.60. The van der Waals surface area contributed by atoms with Gasteiger partial charge in [-0.2, -0.15) is 0 Å². The van der Waals surface area contributed by atoms with Crippen molar-refractivity contribution in [2.24, 2.45) is 0 Å². The molecular weight excluding hydrogens is 258 g/mol. The van der Waals surface area contributed by atoms with Crippen LogP contribution in [0.5, 0.6) is 0 Å². The van der Waals surface area contributed by atoms with Gasteiger partial charge in [0.15, 0.2) is 0 Å². The highest BCUT2D eigenvalue weighted by Gasteiger charge is 2.23. The lowest BCUT2D eigenvalue weighted by Crippen LogP contribution is -2.39. The van der Waals surface area contributed by atoms with Crippen molar-refractivity contribution in [2.75, 3.05) is 6.54 Å². The highest BCUT2D eigenvalue weighted by Crippen LogP contribution is 2.34. The molecule has 0 aromatic carbocycles. The van der Waals surface area contributed by atoms with Gasteiger partial charge in [0, 0.05) is 11.3 Å². The van der Waals surface area contributed by atoms with Crippen molar-refractivity contribution >= 4 is 23.1 Å². The predicted molar refractivity (Wildman–Crippen MR) is 83.7 cm³/mol. The Labute approximate surface area is 120 Å². The van der Waals surface area contributed by atoms with Crippen LogP contribution < -0.4 is 5.32 Å². The summed E-state index contributed by atoms with van der Waals surface area (Å²) in [5.74, 6) is 0. The molecular formula is C15H25NS2. The molecule has 0 amide bonds. The molecule has 2 rings (SSSR count). The molecule has 1 heterocycles. The third-order valence-corrected chi connectivity index (χ3v) is 6.10. The van der Waals surface area contributed by atoms with E-state index in [1.165, 1.54) is 55.7 Å². The topological polar surface area (TPSA) is 12.0 Å². The summed E-state index contributed by atoms with van der Waals surface area (Å²) in [4.78, 5) is 0. The minimum absolute atomic E-state index is 0.720. The van der Waals surface area contributed by atoms with E-state index in [0.717, 1.165) is 11.3 Å². The lowest BCUT2D eigenvalue weighted by atomic mass is 9.96. The molecule has 0 spiro atoms. The van der Waals surface area contributed by atoms with Crippen LogP contribution in [0.15, 0.2) is 21.7 Å². The van der Waals surface area contributed by atoms with Gasteiger partial charge >= 0.3 is 0 Å². The number of thioether (sulfide) groups is 1. The zero-order chi connectivity index (χ0) is 12.6. The summed E-state index contributed by atoms with van der Waals surface area (Å²) < 4.78 is 1.49. The van der Waals surface area contributed by atoms with Crippen molar-refractivity contribution in [1.29, 1.82) is 0 Å². The molecule has 102 valence electrons. The molecule has 0 saturated heterocycles. The maximum absolute atomic E-state index is 3.79. The number of hydrogen-bond donors (Lipinski definition) is 1. The summed E-state index contributed by atoms with van der Waals surface area (Å²) >= 11 is 4.00. The molecule has 3 heteroatoms. The molecule has 1 aromatic heterocycles. The first-order valence-corrected chi connectivity index (χ1v) is 9.09. The summed E-state index contributed by atoms with van der Waals surface area (Å²) in [6, 6.07) is 5.16. The van der Waals surface area contributed by atoms with Crippen molar-refractivity contribution < 1.29 is 0 Å². The van der Waals surface area contributed by atoms with Crippen LogP contribution in [0.3, 0.4) is 0 Å². The largest absolute Gasteiger partial charge is 0.313 e. The Balaban J connectivity index is 1.94. The van der Waals surface area contributed by atoms with E-state index in [9.17, 15) is 0 Å². The first kappa shape index (κ1) is 14.4. The molecule has 1 nitrogen and oxygen atoms in total. The molecule has 1 aliphatic carbocycles. The van der Waals surface area contributed by atoms with Gasteiger partial charge in [-0.25, -0.2) is 0 Å². The van der Waals surface area contributed by atoms with E-state index in [1.54, 1.807) is 0 Å². The summed E-state index contributed by atoms with van der Waals surface area (Å²) in [6.45, 7) is 3.43. The van der Waals surface area contributed by atoms with Gasteiger partial charge < -0.3 is 5.32 Å². The fourth-order valence-corrected chi connectivity index (χ4v) is 4.98. The zero-order valence-corrected chi connectivity index (χ0v) is 13.0. The minimum atomic E-state index is 0.720. The maximum Gasteiger partial charge on any atom is 0.0601 e. The van der Waals surface area contributed by atoms with Crippen LogP contribution in [-0.4, -0.2) is 17.8 Å². The van der Waals surface area contributed by atoms with Crippen LogP contribution in [0.2, 0.25) is 0 Å². The molecule has 18 heavy (non-hydrogen) atoms. The van der Waals surface area contributed by atoms with E-state index in [1.807, 2.05) is 11.3 Å². The second-order valence-electron chi connectivity index (χ2n) is 5.14. The smallest absolute Gasteiger partial charge is 0.0601 e. The molecule has 2 atom stereocenters. The Hall–Kier alpha value is 0.01000. The minimum Gasteiger partial charge on any atom is -0.313 e. The lowest BCUT2D eigenvalue weighted by molar-refractivity contribution is 0.400. The Morgan fingerprint density at radius 1 is 1.28 bits per heavy atom. The molecule has 1 N–H and O–H groups in total. The van der Waals surface area contributed by atoms with Crippen LogP contribution >= 0.6 is 23.1 Å². The number of nitrogens with one attached hydrogen (secondary N) is 1. The SMILES string of the molecule is CCCNC1CCCCCCC1Sc1cccs1. The summed E-state index contributed by atoms with van der Waals surface area (Å²) in [5.41, 5.74) is 0. The van der Waals surface area contributed by atoms with Crippen LogP contribution in [0.4, 0.5) is 0 Å². The van der Waals surface area contributed by atoms with E-state index in [-0.39, 0.29) is 0 Å². The molecule has 1 saturated carbocycles. The van der Waals surface area contributed by atoms with Crippen LogP contribution in [0, 0.1) is 0 Å². The zero-order valence-electron chi connectivity index (χ0n) is 11.4. The van der Waals surface area contributed by atoms with Crippen LogP contribution in [-0.2, 0) is 0 Å². The normalized spacial score (nSPS) is 25.6. The van der Waals surface area contributed by atoms with E-state index >= 15 is 0 Å². The van der Waals surface area contributed by atoms with Gasteiger partial charge in [-0.05, 0) is 37.3 Å². The Morgan fingerprint density at radius 3 is 2.83 bits per heavy atom. The molecule has 2 unspecified atom stereocenters. The second kappa shape index (κ2) is 8.23. The van der Waals surface area contributed by atoms with Crippen molar-refractivity contribution in [3.8, 4) is 0 Å². The van der Waals surface area contributed by atoms with E-state index in [2.05, 4.69) is 41.5 Å². The maximum atomic E-state index is 3.79. The standard InChI is InChI=1S/C15H25NS2/c1-2-11-16-13-8-5-3-4-6-9-14(13)18-15-10-7-12-17-15/h7,10,12-14,16H,2-6,8-9,11H2,1H3. The number of thiophene rings is 1. The predicted octanol–water partition coefficient (Wildman–Crippen LogP) is 4.93. The van der Waals surface area contributed by atoms with E-state index in [0.29, 0.717) is 0 Å². The van der Waals surface area contributed by atoms with Gasteiger partial charge in [-0.3, -0.25) is 0 Å². The third-order valence-electron chi connectivity index (χ3n) is 3.62. The van der Waals surface area contributed by atoms with Gasteiger partial charge in [0.25, 0.3) is 0 Å². The van der Waals surface area contributed by atoms with E-state index in [4.69, 9.17) is 0 Å². The van der Waals surface area contributed by atoms with Crippen LogP contribution in [0.1, 0.15) is 51.9 Å². The number of hydrogen-bond acceptors (Lipinski definition) is 3. The summed E-state index contributed by atoms with van der Waals surface area (Å²) in [5, 5.41) is 6.75. The van der Waals surface area contributed by atoms with Gasteiger partial charge in [0.05, 0.1) is 4.21 Å². The summed E-state index contributed by atoms with van der Waals surface area (Å²) in [7, 11) is 0. The number of rotatable bonds is 5. The fourth-order valence-electron chi connectivity index (χ4n) is 2.63. The molecule has 1 aliphatic rings. The monoisotopic (exact) mass is 283 g/mol. The molecule has 0 bridgehead atoms. The lowest BCUT2D eigenvalue weighted by Gasteiger charge is -2.29. The molecule has 1 fully saturated rings. The third kappa shape index (κ3) is 4.60. The van der Waals surface area contributed by atoms with Crippen LogP contribution in [0.25, 0.3) is 0 Å². The average molecular weight is 284 g/mol. The Bertz CT molecular complexity index is 308.